The smallest absolute Gasteiger partial charge is 0.165 e. The summed E-state index contributed by atoms with van der Waals surface area (Å²) in [6.07, 6.45) is 0. The zero-order valence-corrected chi connectivity index (χ0v) is 13.5. The molecule has 0 N–H and O–H groups in total. The molecule has 0 atom stereocenters. The molecule has 0 unspecified atom stereocenters. The minimum Gasteiger partial charge on any atom is -0.494 e. The van der Waals surface area contributed by atoms with E-state index in [0.29, 0.717) is 11.4 Å². The van der Waals surface area contributed by atoms with Crippen LogP contribution >= 0.6 is 11.8 Å². The number of hydrogen-bond donors (Lipinski definition) is 0. The van der Waals surface area contributed by atoms with Crippen molar-refractivity contribution in [3.05, 3.63) is 59.7 Å². The van der Waals surface area contributed by atoms with Crippen LogP contribution in [0.15, 0.2) is 47.4 Å². The third-order valence-corrected chi connectivity index (χ3v) is 4.26. The fourth-order valence-corrected chi connectivity index (χ4v) is 3.08. The van der Waals surface area contributed by atoms with E-state index in [-0.39, 0.29) is 17.4 Å². The van der Waals surface area contributed by atoms with Gasteiger partial charge in [0.1, 0.15) is 5.82 Å². The van der Waals surface area contributed by atoms with Crippen LogP contribution in [0.5, 0.6) is 5.75 Å². The summed E-state index contributed by atoms with van der Waals surface area (Å²) in [6.45, 7) is 1.42. The summed E-state index contributed by atoms with van der Waals surface area (Å²) in [7, 11) is 3.41. The maximum atomic E-state index is 13.6. The Bertz CT molecular complexity index is 621. The Morgan fingerprint density at radius 1 is 1.09 bits per heavy atom. The van der Waals surface area contributed by atoms with Crippen LogP contribution in [-0.2, 0) is 6.54 Å². The third kappa shape index (κ3) is 4.71. The van der Waals surface area contributed by atoms with Crippen molar-refractivity contribution in [3.63, 3.8) is 0 Å². The molecule has 0 aliphatic carbocycles. The van der Waals surface area contributed by atoms with Crippen LogP contribution in [0.4, 0.5) is 8.78 Å². The van der Waals surface area contributed by atoms with E-state index in [1.54, 1.807) is 18.2 Å². The summed E-state index contributed by atoms with van der Waals surface area (Å²) >= 11 is 1.48. The van der Waals surface area contributed by atoms with Crippen molar-refractivity contribution in [2.75, 3.05) is 26.5 Å². The molecule has 0 spiro atoms. The summed E-state index contributed by atoms with van der Waals surface area (Å²) in [5, 5.41) is 0. The lowest BCUT2D eigenvalue weighted by molar-refractivity contribution is 0.346. The van der Waals surface area contributed by atoms with Crippen molar-refractivity contribution in [2.24, 2.45) is 0 Å². The van der Waals surface area contributed by atoms with Crippen LogP contribution < -0.4 is 4.74 Å². The molecule has 2 aromatic carbocycles. The van der Waals surface area contributed by atoms with Gasteiger partial charge in [0, 0.05) is 23.7 Å². The molecular formula is C17H19F2NOS. The van der Waals surface area contributed by atoms with E-state index >= 15 is 0 Å². The summed E-state index contributed by atoms with van der Waals surface area (Å²) in [5.41, 5.74) is 0.886. The molecule has 2 nitrogen and oxygen atoms in total. The molecule has 0 fully saturated rings. The molecule has 0 radical (unpaired) electrons. The van der Waals surface area contributed by atoms with Crippen LogP contribution in [0, 0.1) is 11.6 Å². The van der Waals surface area contributed by atoms with E-state index < -0.39 is 0 Å². The van der Waals surface area contributed by atoms with E-state index in [4.69, 9.17) is 4.74 Å². The number of nitrogens with zero attached hydrogens (tertiary/aromatic N) is 1. The first-order chi connectivity index (χ1) is 10.6. The number of methoxy groups -OCH3 is 1. The van der Waals surface area contributed by atoms with Crippen molar-refractivity contribution in [1.29, 1.82) is 0 Å². The molecule has 22 heavy (non-hydrogen) atoms. The van der Waals surface area contributed by atoms with Crippen molar-refractivity contribution in [1.82, 2.24) is 4.90 Å². The second-order valence-electron chi connectivity index (χ2n) is 4.99. The molecule has 0 aromatic heterocycles. The van der Waals surface area contributed by atoms with Crippen molar-refractivity contribution >= 4 is 11.8 Å². The van der Waals surface area contributed by atoms with Crippen LogP contribution in [0.3, 0.4) is 0 Å². The predicted octanol–water partition coefficient (Wildman–Crippen LogP) is 4.20. The highest BCUT2D eigenvalue weighted by Gasteiger charge is 2.07. The van der Waals surface area contributed by atoms with Crippen LogP contribution in [0.25, 0.3) is 0 Å². The highest BCUT2D eigenvalue weighted by Crippen LogP contribution is 2.22. The summed E-state index contributed by atoms with van der Waals surface area (Å²) in [5.74, 6) is 0.485. The maximum Gasteiger partial charge on any atom is 0.165 e. The van der Waals surface area contributed by atoms with E-state index in [1.807, 2.05) is 19.2 Å². The van der Waals surface area contributed by atoms with Gasteiger partial charge in [0.25, 0.3) is 0 Å². The molecule has 5 heteroatoms. The summed E-state index contributed by atoms with van der Waals surface area (Å²) in [6, 6.07) is 11.7. The molecule has 0 amide bonds. The quantitative estimate of drug-likeness (QED) is 0.709. The van der Waals surface area contributed by atoms with Gasteiger partial charge in [0.15, 0.2) is 11.6 Å². The molecule has 2 rings (SSSR count). The lowest BCUT2D eigenvalue weighted by atomic mass is 10.2. The number of thioether (sulfide) groups is 1. The van der Waals surface area contributed by atoms with Gasteiger partial charge in [-0.2, -0.15) is 0 Å². The molecular weight excluding hydrogens is 304 g/mol. The number of rotatable bonds is 7. The average Bonchev–Trinajstić information content (AvgIpc) is 2.49. The molecule has 0 bridgehead atoms. The lowest BCUT2D eigenvalue weighted by Gasteiger charge is -2.17. The van der Waals surface area contributed by atoms with Gasteiger partial charge in [-0.15, -0.1) is 11.8 Å². The van der Waals surface area contributed by atoms with Crippen molar-refractivity contribution < 1.29 is 13.5 Å². The highest BCUT2D eigenvalue weighted by molar-refractivity contribution is 7.99. The molecule has 2 aromatic rings. The first-order valence-corrected chi connectivity index (χ1v) is 7.97. The minimum absolute atomic E-state index is 0.188. The third-order valence-electron chi connectivity index (χ3n) is 3.24. The van der Waals surface area contributed by atoms with Gasteiger partial charge in [0.2, 0.25) is 0 Å². The van der Waals surface area contributed by atoms with Gasteiger partial charge in [0.05, 0.1) is 7.11 Å². The Balaban J connectivity index is 1.82. The first-order valence-electron chi connectivity index (χ1n) is 6.98. The number of ether oxygens (including phenoxy) is 1. The van der Waals surface area contributed by atoms with Crippen molar-refractivity contribution in [2.45, 2.75) is 11.4 Å². The molecule has 0 aliphatic heterocycles. The predicted molar refractivity (Wildman–Crippen MR) is 86.4 cm³/mol. The van der Waals surface area contributed by atoms with Crippen LogP contribution in [0.1, 0.15) is 5.56 Å². The Kier molecular flexibility index (Phi) is 6.21. The number of hydrogen-bond acceptors (Lipinski definition) is 3. The average molecular weight is 323 g/mol. The van der Waals surface area contributed by atoms with Gasteiger partial charge in [-0.05, 0) is 36.9 Å². The SMILES string of the molecule is COc1ccc(CN(C)CCSc2ccccc2F)cc1F. The molecule has 0 heterocycles. The second-order valence-corrected chi connectivity index (χ2v) is 6.12. The lowest BCUT2D eigenvalue weighted by Crippen LogP contribution is -2.20. The molecule has 0 aliphatic rings. The first kappa shape index (κ1) is 16.8. The van der Waals surface area contributed by atoms with Gasteiger partial charge in [-0.25, -0.2) is 8.78 Å². The molecule has 118 valence electrons. The fraction of sp³-hybridized carbons (Fsp3) is 0.294. The Morgan fingerprint density at radius 3 is 2.55 bits per heavy atom. The largest absolute Gasteiger partial charge is 0.494 e. The Labute approximate surface area is 134 Å². The van der Waals surface area contributed by atoms with Crippen molar-refractivity contribution in [3.8, 4) is 5.75 Å². The fourth-order valence-electron chi connectivity index (χ4n) is 2.07. The highest BCUT2D eigenvalue weighted by atomic mass is 32.2. The van der Waals surface area contributed by atoms with E-state index in [9.17, 15) is 8.78 Å². The second kappa shape index (κ2) is 8.15. The van der Waals surface area contributed by atoms with Crippen LogP contribution in [-0.4, -0.2) is 31.4 Å². The van der Waals surface area contributed by atoms with Gasteiger partial charge < -0.3 is 9.64 Å². The summed E-state index contributed by atoms with van der Waals surface area (Å²) < 4.78 is 32.0. The standard InChI is InChI=1S/C17H19F2NOS/c1-20(9-10-22-17-6-4-3-5-14(17)18)12-13-7-8-16(21-2)15(19)11-13/h3-8,11H,9-10,12H2,1-2H3. The molecule has 0 saturated carbocycles. The van der Waals surface area contributed by atoms with Gasteiger partial charge in [-0.3, -0.25) is 0 Å². The van der Waals surface area contributed by atoms with Gasteiger partial charge >= 0.3 is 0 Å². The van der Waals surface area contributed by atoms with Crippen LogP contribution in [0.2, 0.25) is 0 Å². The maximum absolute atomic E-state index is 13.6. The summed E-state index contributed by atoms with van der Waals surface area (Å²) in [4.78, 5) is 2.74. The van der Waals surface area contributed by atoms with Gasteiger partial charge in [-0.1, -0.05) is 18.2 Å². The molecule has 0 saturated heterocycles. The van der Waals surface area contributed by atoms with E-state index in [1.165, 1.54) is 31.0 Å². The monoisotopic (exact) mass is 323 g/mol. The Hall–Kier alpha value is -1.59. The van der Waals surface area contributed by atoms with E-state index in [0.717, 1.165) is 17.9 Å². The number of halogens is 2. The van der Waals surface area contributed by atoms with E-state index in [2.05, 4.69) is 4.90 Å². The zero-order valence-electron chi connectivity index (χ0n) is 12.7. The Morgan fingerprint density at radius 2 is 1.86 bits per heavy atom. The normalized spacial score (nSPS) is 11.0. The minimum atomic E-state index is -0.353. The topological polar surface area (TPSA) is 12.5 Å². The number of benzene rings is 2. The zero-order chi connectivity index (χ0) is 15.9.